The number of carbonyl (C=O) groups excluding carboxylic acids is 1. The number of carbonyl (C=O) groups is 1. The molecule has 0 unspecified atom stereocenters. The van der Waals surface area contributed by atoms with Gasteiger partial charge in [0.05, 0.1) is 0 Å². The van der Waals surface area contributed by atoms with Crippen LogP contribution in [0.25, 0.3) is 6.08 Å². The molecule has 3 nitrogen and oxygen atoms in total. The van der Waals surface area contributed by atoms with Crippen LogP contribution in [0.4, 0.5) is 0 Å². The summed E-state index contributed by atoms with van der Waals surface area (Å²) in [6.07, 6.45) is 3.10. The van der Waals surface area contributed by atoms with Crippen LogP contribution in [0.3, 0.4) is 0 Å². The van der Waals surface area contributed by atoms with Gasteiger partial charge in [-0.05, 0) is 42.8 Å². The van der Waals surface area contributed by atoms with Crippen LogP contribution in [0.5, 0.6) is 0 Å². The van der Waals surface area contributed by atoms with E-state index in [0.29, 0.717) is 17.3 Å². The lowest BCUT2D eigenvalue weighted by atomic mass is 10.2. The third-order valence-electron chi connectivity index (χ3n) is 2.54. The molecule has 0 fully saturated rings. The molecule has 1 aromatic carbocycles. The third-order valence-corrected chi connectivity index (χ3v) is 2.79. The Kier molecular flexibility index (Phi) is 4.42. The second-order valence-electron chi connectivity index (χ2n) is 4.13. The van der Waals surface area contributed by atoms with Gasteiger partial charge in [-0.2, -0.15) is 0 Å². The van der Waals surface area contributed by atoms with Crippen molar-refractivity contribution in [1.82, 2.24) is 5.32 Å². The van der Waals surface area contributed by atoms with Crippen molar-refractivity contribution in [1.29, 1.82) is 0 Å². The van der Waals surface area contributed by atoms with Crippen LogP contribution >= 0.6 is 11.6 Å². The molecule has 0 spiro atoms. The van der Waals surface area contributed by atoms with Crippen LogP contribution < -0.4 is 5.32 Å². The number of rotatable bonds is 4. The van der Waals surface area contributed by atoms with E-state index < -0.39 is 0 Å². The summed E-state index contributed by atoms with van der Waals surface area (Å²) in [6, 6.07) is 11.0. The molecule has 0 saturated heterocycles. The molecule has 0 radical (unpaired) electrons. The second kappa shape index (κ2) is 6.25. The lowest BCUT2D eigenvalue weighted by molar-refractivity contribution is -0.116. The minimum atomic E-state index is -0.163. The molecule has 1 amide bonds. The Balaban J connectivity index is 1.84. The molecule has 0 bridgehead atoms. The van der Waals surface area contributed by atoms with Crippen LogP contribution in [-0.4, -0.2) is 5.91 Å². The number of hydrogen-bond acceptors (Lipinski definition) is 2. The molecule has 0 atom stereocenters. The fraction of sp³-hybridized carbons (Fsp3) is 0.133. The molecular formula is C15H14ClNO2. The highest BCUT2D eigenvalue weighted by molar-refractivity contribution is 6.30. The topological polar surface area (TPSA) is 42.2 Å². The lowest BCUT2D eigenvalue weighted by Crippen LogP contribution is -2.20. The molecular weight excluding hydrogens is 262 g/mol. The standard InChI is InChI=1S/C15H14ClNO2/c1-11-2-7-14(19-11)8-9-15(18)17-10-12-3-5-13(16)6-4-12/h2-9H,10H2,1H3,(H,17,18)/b9-8+. The van der Waals surface area contributed by atoms with E-state index >= 15 is 0 Å². The minimum absolute atomic E-state index is 0.163. The summed E-state index contributed by atoms with van der Waals surface area (Å²) in [5, 5.41) is 3.47. The zero-order chi connectivity index (χ0) is 13.7. The fourth-order valence-corrected chi connectivity index (χ4v) is 1.68. The number of hydrogen-bond donors (Lipinski definition) is 1. The summed E-state index contributed by atoms with van der Waals surface area (Å²) in [6.45, 7) is 2.33. The Morgan fingerprint density at radius 1 is 1.26 bits per heavy atom. The highest BCUT2D eigenvalue weighted by atomic mass is 35.5. The maximum Gasteiger partial charge on any atom is 0.244 e. The molecule has 19 heavy (non-hydrogen) atoms. The van der Waals surface area contributed by atoms with E-state index in [1.807, 2.05) is 31.2 Å². The quantitative estimate of drug-likeness (QED) is 0.867. The molecule has 1 aromatic heterocycles. The zero-order valence-corrected chi connectivity index (χ0v) is 11.3. The van der Waals surface area contributed by atoms with Crippen LogP contribution in [0.1, 0.15) is 17.1 Å². The number of amides is 1. The summed E-state index contributed by atoms with van der Waals surface area (Å²) < 4.78 is 5.33. The summed E-state index contributed by atoms with van der Waals surface area (Å²) in [4.78, 5) is 11.6. The first-order valence-electron chi connectivity index (χ1n) is 5.90. The third kappa shape index (κ3) is 4.30. The van der Waals surface area contributed by atoms with Gasteiger partial charge < -0.3 is 9.73 Å². The van der Waals surface area contributed by atoms with Crippen LogP contribution in [0.2, 0.25) is 5.02 Å². The van der Waals surface area contributed by atoms with Crippen LogP contribution in [0, 0.1) is 6.92 Å². The Hall–Kier alpha value is -2.00. The van der Waals surface area contributed by atoms with E-state index in [4.69, 9.17) is 16.0 Å². The zero-order valence-electron chi connectivity index (χ0n) is 10.5. The number of benzene rings is 1. The molecule has 98 valence electrons. The molecule has 2 rings (SSSR count). The van der Waals surface area contributed by atoms with Gasteiger partial charge in [-0.15, -0.1) is 0 Å². The second-order valence-corrected chi connectivity index (χ2v) is 4.56. The molecule has 1 heterocycles. The monoisotopic (exact) mass is 275 g/mol. The van der Waals surface area contributed by atoms with Crippen molar-refractivity contribution < 1.29 is 9.21 Å². The SMILES string of the molecule is Cc1ccc(/C=C/C(=O)NCc2ccc(Cl)cc2)o1. The van der Waals surface area contributed by atoms with Gasteiger partial charge in [-0.1, -0.05) is 23.7 Å². The number of nitrogens with one attached hydrogen (secondary N) is 1. The number of aryl methyl sites for hydroxylation is 1. The largest absolute Gasteiger partial charge is 0.462 e. The van der Waals surface area contributed by atoms with E-state index in [2.05, 4.69) is 5.32 Å². The van der Waals surface area contributed by atoms with Crippen molar-refractivity contribution in [3.8, 4) is 0 Å². The van der Waals surface area contributed by atoms with E-state index in [0.717, 1.165) is 11.3 Å². The first-order chi connectivity index (χ1) is 9.13. The summed E-state index contributed by atoms with van der Waals surface area (Å²) in [5.74, 6) is 1.32. The first-order valence-corrected chi connectivity index (χ1v) is 6.28. The molecule has 1 N–H and O–H groups in total. The van der Waals surface area contributed by atoms with Gasteiger partial charge in [0.1, 0.15) is 11.5 Å². The Labute approximate surface area is 116 Å². The number of furan rings is 1. The van der Waals surface area contributed by atoms with E-state index in [-0.39, 0.29) is 5.91 Å². The lowest BCUT2D eigenvalue weighted by Gasteiger charge is -2.02. The number of halogens is 1. The Morgan fingerprint density at radius 2 is 2.00 bits per heavy atom. The van der Waals surface area contributed by atoms with E-state index in [1.165, 1.54) is 6.08 Å². The van der Waals surface area contributed by atoms with Crippen molar-refractivity contribution in [2.45, 2.75) is 13.5 Å². The van der Waals surface area contributed by atoms with Gasteiger partial charge in [0, 0.05) is 17.6 Å². The molecule has 0 saturated carbocycles. The average molecular weight is 276 g/mol. The van der Waals surface area contributed by atoms with E-state index in [1.54, 1.807) is 18.2 Å². The predicted octanol–water partition coefficient (Wildman–Crippen LogP) is 3.57. The van der Waals surface area contributed by atoms with Crippen molar-refractivity contribution >= 4 is 23.6 Å². The fourth-order valence-electron chi connectivity index (χ4n) is 1.55. The Bertz CT molecular complexity index is 584. The summed E-state index contributed by atoms with van der Waals surface area (Å²) in [5.41, 5.74) is 1.000. The van der Waals surface area contributed by atoms with Gasteiger partial charge >= 0.3 is 0 Å². The average Bonchev–Trinajstić information content (AvgIpc) is 2.81. The predicted molar refractivity (Wildman–Crippen MR) is 75.8 cm³/mol. The molecule has 0 aliphatic rings. The van der Waals surface area contributed by atoms with Crippen molar-refractivity contribution in [3.05, 3.63) is 64.6 Å². The molecule has 4 heteroatoms. The van der Waals surface area contributed by atoms with E-state index in [9.17, 15) is 4.79 Å². The van der Waals surface area contributed by atoms with Gasteiger partial charge in [0.2, 0.25) is 5.91 Å². The molecule has 2 aromatic rings. The van der Waals surface area contributed by atoms with Gasteiger partial charge in [-0.3, -0.25) is 4.79 Å². The van der Waals surface area contributed by atoms with Gasteiger partial charge in [-0.25, -0.2) is 0 Å². The summed E-state index contributed by atoms with van der Waals surface area (Å²) >= 11 is 5.78. The van der Waals surface area contributed by atoms with Gasteiger partial charge in [0.25, 0.3) is 0 Å². The normalized spacial score (nSPS) is 10.8. The van der Waals surface area contributed by atoms with Crippen LogP contribution in [-0.2, 0) is 11.3 Å². The Morgan fingerprint density at radius 3 is 2.63 bits per heavy atom. The first kappa shape index (κ1) is 13.4. The van der Waals surface area contributed by atoms with Gasteiger partial charge in [0.15, 0.2) is 0 Å². The highest BCUT2D eigenvalue weighted by Crippen LogP contribution is 2.09. The van der Waals surface area contributed by atoms with Crippen LogP contribution in [0.15, 0.2) is 46.9 Å². The minimum Gasteiger partial charge on any atom is -0.462 e. The molecule has 0 aliphatic carbocycles. The van der Waals surface area contributed by atoms with Crippen molar-refractivity contribution in [2.75, 3.05) is 0 Å². The smallest absolute Gasteiger partial charge is 0.244 e. The summed E-state index contributed by atoms with van der Waals surface area (Å²) in [7, 11) is 0. The highest BCUT2D eigenvalue weighted by Gasteiger charge is 1.98. The molecule has 0 aliphatic heterocycles. The maximum absolute atomic E-state index is 11.6. The van der Waals surface area contributed by atoms with Crippen molar-refractivity contribution in [2.24, 2.45) is 0 Å². The maximum atomic E-state index is 11.6. The van der Waals surface area contributed by atoms with Crippen molar-refractivity contribution in [3.63, 3.8) is 0 Å².